The molecule has 1 unspecified atom stereocenters. The van der Waals surface area contributed by atoms with Gasteiger partial charge in [-0.2, -0.15) is 0 Å². The van der Waals surface area contributed by atoms with Gasteiger partial charge < -0.3 is 14.5 Å². The maximum absolute atomic E-state index is 13.1. The van der Waals surface area contributed by atoms with Crippen molar-refractivity contribution in [1.82, 2.24) is 14.7 Å². The van der Waals surface area contributed by atoms with E-state index in [1.54, 1.807) is 0 Å². The zero-order valence-corrected chi connectivity index (χ0v) is 18.7. The molecule has 0 spiro atoms. The quantitative estimate of drug-likeness (QED) is 0.671. The van der Waals surface area contributed by atoms with Gasteiger partial charge in [0.2, 0.25) is 11.8 Å². The number of rotatable bonds is 7. The second kappa shape index (κ2) is 11.1. The lowest BCUT2D eigenvalue weighted by atomic mass is 9.96. The minimum Gasteiger partial charge on any atom is -0.493 e. The predicted molar refractivity (Wildman–Crippen MR) is 124 cm³/mol. The molecule has 2 aromatic rings. The number of carbonyl (C=O) groups excluding carboxylic acids is 2. The molecule has 170 valence electrons. The van der Waals surface area contributed by atoms with Gasteiger partial charge >= 0.3 is 0 Å². The minimum atomic E-state index is -0.0802. The van der Waals surface area contributed by atoms with E-state index in [0.717, 1.165) is 57.9 Å². The highest BCUT2D eigenvalue weighted by Crippen LogP contribution is 2.21. The van der Waals surface area contributed by atoms with Crippen LogP contribution in [0, 0.1) is 5.92 Å². The van der Waals surface area contributed by atoms with Gasteiger partial charge in [-0.05, 0) is 30.5 Å². The zero-order chi connectivity index (χ0) is 22.2. The van der Waals surface area contributed by atoms with Crippen LogP contribution in [-0.2, 0) is 16.1 Å². The van der Waals surface area contributed by atoms with Gasteiger partial charge in [0.25, 0.3) is 0 Å². The molecule has 2 aliphatic heterocycles. The molecule has 2 aliphatic rings. The summed E-state index contributed by atoms with van der Waals surface area (Å²) in [5, 5.41) is 0. The molecule has 2 amide bonds. The predicted octanol–water partition coefficient (Wildman–Crippen LogP) is 3.04. The number of piperazine rings is 1. The van der Waals surface area contributed by atoms with Crippen molar-refractivity contribution in [1.29, 1.82) is 0 Å². The molecule has 6 nitrogen and oxygen atoms in total. The first-order valence-electron chi connectivity index (χ1n) is 11.7. The van der Waals surface area contributed by atoms with Crippen LogP contribution >= 0.6 is 0 Å². The van der Waals surface area contributed by atoms with Crippen molar-refractivity contribution in [3.63, 3.8) is 0 Å². The fourth-order valence-corrected chi connectivity index (χ4v) is 4.56. The molecule has 0 aliphatic carbocycles. The molecule has 0 saturated carbocycles. The molecule has 2 fully saturated rings. The van der Waals surface area contributed by atoms with Crippen LogP contribution in [0.2, 0.25) is 0 Å². The van der Waals surface area contributed by atoms with E-state index in [4.69, 9.17) is 4.74 Å². The minimum absolute atomic E-state index is 0.0751. The number of ether oxygens (including phenoxy) is 1. The highest BCUT2D eigenvalue weighted by Gasteiger charge is 2.32. The Kier molecular flexibility index (Phi) is 7.77. The summed E-state index contributed by atoms with van der Waals surface area (Å²) in [5.41, 5.74) is 1.31. The zero-order valence-electron chi connectivity index (χ0n) is 18.7. The first-order chi connectivity index (χ1) is 15.7. The third-order valence-electron chi connectivity index (χ3n) is 6.38. The molecular weight excluding hydrogens is 402 g/mol. The normalized spacial score (nSPS) is 19.6. The second-order valence-corrected chi connectivity index (χ2v) is 8.68. The second-order valence-electron chi connectivity index (χ2n) is 8.68. The first-order valence-corrected chi connectivity index (χ1v) is 11.7. The number of carbonyl (C=O) groups is 2. The van der Waals surface area contributed by atoms with Gasteiger partial charge in [-0.15, -0.1) is 0 Å². The fraction of sp³-hybridized carbons (Fsp3) is 0.462. The Morgan fingerprint density at radius 3 is 2.25 bits per heavy atom. The van der Waals surface area contributed by atoms with E-state index in [9.17, 15) is 9.59 Å². The van der Waals surface area contributed by atoms with Crippen molar-refractivity contribution in [2.24, 2.45) is 5.92 Å². The van der Waals surface area contributed by atoms with Gasteiger partial charge in [0.15, 0.2) is 0 Å². The van der Waals surface area contributed by atoms with Gasteiger partial charge in [-0.1, -0.05) is 48.5 Å². The highest BCUT2D eigenvalue weighted by atomic mass is 16.5. The number of hydrogen-bond donors (Lipinski definition) is 0. The number of amides is 2. The summed E-state index contributed by atoms with van der Waals surface area (Å²) in [7, 11) is 0. The SMILES string of the molecule is O=C(CCOc1ccccc1)N1CCCC(C(=O)N2CCN(Cc3ccccc3)CC2)C1. The Morgan fingerprint density at radius 1 is 0.844 bits per heavy atom. The summed E-state index contributed by atoms with van der Waals surface area (Å²) in [4.78, 5) is 32.1. The molecule has 1 atom stereocenters. The molecule has 0 bridgehead atoms. The largest absolute Gasteiger partial charge is 0.493 e. The molecular formula is C26H33N3O3. The van der Waals surface area contributed by atoms with Crippen LogP contribution in [0.5, 0.6) is 5.75 Å². The molecule has 4 rings (SSSR count). The van der Waals surface area contributed by atoms with Crippen LogP contribution in [0.4, 0.5) is 0 Å². The lowest BCUT2D eigenvalue weighted by Crippen LogP contribution is -2.52. The van der Waals surface area contributed by atoms with Crippen molar-refractivity contribution in [2.75, 3.05) is 45.9 Å². The Bertz CT molecular complexity index is 866. The van der Waals surface area contributed by atoms with Crippen molar-refractivity contribution in [3.05, 3.63) is 66.2 Å². The summed E-state index contributed by atoms with van der Waals surface area (Å²) >= 11 is 0. The molecule has 0 radical (unpaired) electrons. The lowest BCUT2D eigenvalue weighted by Gasteiger charge is -2.39. The number of likely N-dealkylation sites (tertiary alicyclic amines) is 1. The van der Waals surface area contributed by atoms with Crippen LogP contribution in [0.1, 0.15) is 24.8 Å². The number of benzene rings is 2. The van der Waals surface area contributed by atoms with Crippen LogP contribution in [0.25, 0.3) is 0 Å². The number of hydrogen-bond acceptors (Lipinski definition) is 4. The third-order valence-corrected chi connectivity index (χ3v) is 6.38. The van der Waals surface area contributed by atoms with Crippen LogP contribution < -0.4 is 4.74 Å². The Labute approximate surface area is 190 Å². The monoisotopic (exact) mass is 435 g/mol. The van der Waals surface area contributed by atoms with E-state index >= 15 is 0 Å². The van der Waals surface area contributed by atoms with E-state index in [1.807, 2.05) is 46.2 Å². The van der Waals surface area contributed by atoms with Gasteiger partial charge in [0.05, 0.1) is 18.9 Å². The number of para-hydroxylation sites is 1. The van der Waals surface area contributed by atoms with Crippen molar-refractivity contribution in [2.45, 2.75) is 25.8 Å². The smallest absolute Gasteiger partial charge is 0.227 e. The summed E-state index contributed by atoms with van der Waals surface area (Å²) in [5.74, 6) is 0.982. The number of piperidine rings is 1. The van der Waals surface area contributed by atoms with Gasteiger partial charge in [-0.25, -0.2) is 0 Å². The van der Waals surface area contributed by atoms with Crippen molar-refractivity contribution in [3.8, 4) is 5.75 Å². The van der Waals surface area contributed by atoms with E-state index in [2.05, 4.69) is 29.2 Å². The van der Waals surface area contributed by atoms with Crippen molar-refractivity contribution < 1.29 is 14.3 Å². The van der Waals surface area contributed by atoms with Crippen LogP contribution in [-0.4, -0.2) is 72.4 Å². The third kappa shape index (κ3) is 6.10. The highest BCUT2D eigenvalue weighted by molar-refractivity contribution is 5.81. The molecule has 2 heterocycles. The topological polar surface area (TPSA) is 53.1 Å². The molecule has 2 saturated heterocycles. The Morgan fingerprint density at radius 2 is 1.53 bits per heavy atom. The van der Waals surface area contributed by atoms with Gasteiger partial charge in [0, 0.05) is 45.8 Å². The van der Waals surface area contributed by atoms with Crippen molar-refractivity contribution >= 4 is 11.8 Å². The molecule has 0 N–H and O–H groups in total. The fourth-order valence-electron chi connectivity index (χ4n) is 4.56. The molecule has 6 heteroatoms. The van der Waals surface area contributed by atoms with E-state index in [1.165, 1.54) is 5.56 Å². The average molecular weight is 436 g/mol. The number of nitrogens with zero attached hydrogens (tertiary/aromatic N) is 3. The lowest BCUT2D eigenvalue weighted by molar-refractivity contribution is -0.142. The van der Waals surface area contributed by atoms with Gasteiger partial charge in [0.1, 0.15) is 5.75 Å². The van der Waals surface area contributed by atoms with E-state index in [0.29, 0.717) is 19.6 Å². The first kappa shape index (κ1) is 22.3. The molecule has 2 aromatic carbocycles. The summed E-state index contributed by atoms with van der Waals surface area (Å²) in [6, 6.07) is 20.0. The summed E-state index contributed by atoms with van der Waals surface area (Å²) in [6.07, 6.45) is 2.09. The summed E-state index contributed by atoms with van der Waals surface area (Å²) < 4.78 is 5.66. The maximum atomic E-state index is 13.1. The maximum Gasteiger partial charge on any atom is 0.227 e. The molecule has 0 aromatic heterocycles. The van der Waals surface area contributed by atoms with Crippen LogP contribution in [0.3, 0.4) is 0 Å². The standard InChI is InChI=1S/C26H33N3O3/c30-25(13-19-32-24-11-5-2-6-12-24)29-14-7-10-23(21-29)26(31)28-17-15-27(16-18-28)20-22-8-3-1-4-9-22/h1-6,8-9,11-12,23H,7,10,13-21H2. The summed E-state index contributed by atoms with van der Waals surface area (Å²) in [6.45, 7) is 5.88. The van der Waals surface area contributed by atoms with Crippen LogP contribution in [0.15, 0.2) is 60.7 Å². The van der Waals surface area contributed by atoms with Gasteiger partial charge in [-0.3, -0.25) is 14.5 Å². The Balaban J connectivity index is 1.20. The molecule has 32 heavy (non-hydrogen) atoms. The van der Waals surface area contributed by atoms with E-state index in [-0.39, 0.29) is 17.7 Å². The average Bonchev–Trinajstić information content (AvgIpc) is 2.85. The Hall–Kier alpha value is -2.86. The van der Waals surface area contributed by atoms with E-state index < -0.39 is 0 Å².